The lowest BCUT2D eigenvalue weighted by Crippen LogP contribution is -2.01. The molecular weight excluding hydrogens is 160 g/mol. The second-order valence-corrected chi connectivity index (χ2v) is 3.51. The van der Waals surface area contributed by atoms with Crippen LogP contribution in [-0.2, 0) is 11.2 Å². The topological polar surface area (TPSA) is 9.23 Å². The van der Waals surface area contributed by atoms with Crippen LogP contribution < -0.4 is 0 Å². The summed E-state index contributed by atoms with van der Waals surface area (Å²) in [6, 6.07) is 6.52. The van der Waals surface area contributed by atoms with Crippen molar-refractivity contribution in [2.24, 2.45) is 0 Å². The van der Waals surface area contributed by atoms with Gasteiger partial charge in [-0.2, -0.15) is 0 Å². The first-order chi connectivity index (χ1) is 6.13. The largest absolute Gasteiger partial charge is 0.375 e. The number of hydrogen-bond acceptors (Lipinski definition) is 1. The highest BCUT2D eigenvalue weighted by Crippen LogP contribution is 2.16. The second kappa shape index (κ2) is 4.43. The van der Waals surface area contributed by atoms with Crippen molar-refractivity contribution in [2.75, 3.05) is 7.11 Å². The fourth-order valence-electron chi connectivity index (χ4n) is 1.38. The summed E-state index contributed by atoms with van der Waals surface area (Å²) in [5.41, 5.74) is 4.01. The number of ether oxygens (including phenoxy) is 1. The third-order valence-corrected chi connectivity index (χ3v) is 2.29. The van der Waals surface area contributed by atoms with Gasteiger partial charge in [-0.3, -0.25) is 0 Å². The average Bonchev–Trinajstić information content (AvgIpc) is 2.09. The van der Waals surface area contributed by atoms with Crippen LogP contribution in [-0.4, -0.2) is 7.11 Å². The zero-order chi connectivity index (χ0) is 9.84. The number of rotatable bonds is 3. The minimum atomic E-state index is 0.919. The van der Waals surface area contributed by atoms with Gasteiger partial charge in [0.1, 0.15) is 0 Å². The molecule has 1 aromatic carbocycles. The third-order valence-electron chi connectivity index (χ3n) is 2.29. The first kappa shape index (κ1) is 10.3. The van der Waals surface area contributed by atoms with Crippen LogP contribution in [0.2, 0.25) is 0 Å². The summed E-state index contributed by atoms with van der Waals surface area (Å²) in [7, 11) is 1.72. The summed E-state index contributed by atoms with van der Waals surface area (Å²) in [6.45, 7) is 6.27. The Labute approximate surface area is 80.7 Å². The summed E-state index contributed by atoms with van der Waals surface area (Å²) >= 11 is 0. The molecule has 0 aliphatic rings. The SMILES string of the molecule is CO[C](C)Cc1ccc(C)cc1C. The van der Waals surface area contributed by atoms with Gasteiger partial charge in [-0.1, -0.05) is 23.8 Å². The minimum absolute atomic E-state index is 0.919. The van der Waals surface area contributed by atoms with E-state index in [1.807, 2.05) is 6.92 Å². The molecule has 1 heteroatoms. The molecule has 0 aliphatic heterocycles. The highest BCUT2D eigenvalue weighted by atomic mass is 16.5. The fraction of sp³-hybridized carbons (Fsp3) is 0.417. The Morgan fingerprint density at radius 1 is 1.31 bits per heavy atom. The van der Waals surface area contributed by atoms with Crippen molar-refractivity contribution >= 4 is 0 Å². The molecule has 1 rings (SSSR count). The van der Waals surface area contributed by atoms with Crippen molar-refractivity contribution in [3.63, 3.8) is 0 Å². The van der Waals surface area contributed by atoms with Crippen LogP contribution in [0, 0.1) is 20.0 Å². The smallest absolute Gasteiger partial charge is 0.0979 e. The highest BCUT2D eigenvalue weighted by molar-refractivity contribution is 5.31. The Morgan fingerprint density at radius 2 is 2.00 bits per heavy atom. The van der Waals surface area contributed by atoms with Crippen molar-refractivity contribution in [1.82, 2.24) is 0 Å². The van der Waals surface area contributed by atoms with Gasteiger partial charge in [0.15, 0.2) is 0 Å². The molecule has 0 heterocycles. The maximum atomic E-state index is 5.16. The summed E-state index contributed by atoms with van der Waals surface area (Å²) in [5, 5.41) is 0. The van der Waals surface area contributed by atoms with Crippen molar-refractivity contribution in [3.8, 4) is 0 Å². The van der Waals surface area contributed by atoms with Gasteiger partial charge in [0.25, 0.3) is 0 Å². The van der Waals surface area contributed by atoms with Gasteiger partial charge in [0.05, 0.1) is 6.10 Å². The molecule has 1 aromatic rings. The Hall–Kier alpha value is -0.820. The standard InChI is InChI=1S/C12H17O/c1-9-5-6-12(10(2)7-9)8-11(3)13-4/h5-7H,8H2,1-4H3. The zero-order valence-electron chi connectivity index (χ0n) is 8.85. The van der Waals surface area contributed by atoms with Gasteiger partial charge in [0.2, 0.25) is 0 Å². The molecule has 0 N–H and O–H groups in total. The molecule has 0 fully saturated rings. The quantitative estimate of drug-likeness (QED) is 0.689. The molecule has 0 spiro atoms. The summed E-state index contributed by atoms with van der Waals surface area (Å²) < 4.78 is 5.16. The van der Waals surface area contributed by atoms with Gasteiger partial charge < -0.3 is 4.74 Å². The Bertz CT molecular complexity index is 278. The first-order valence-corrected chi connectivity index (χ1v) is 4.56. The highest BCUT2D eigenvalue weighted by Gasteiger charge is 2.04. The number of aryl methyl sites for hydroxylation is 2. The Kier molecular flexibility index (Phi) is 3.49. The summed E-state index contributed by atoms with van der Waals surface area (Å²) in [5.74, 6) is 0. The lowest BCUT2D eigenvalue weighted by molar-refractivity contribution is 0.211. The molecule has 0 saturated carbocycles. The van der Waals surface area contributed by atoms with Crippen molar-refractivity contribution in [1.29, 1.82) is 0 Å². The maximum absolute atomic E-state index is 5.16. The normalized spacial score (nSPS) is 10.8. The van der Waals surface area contributed by atoms with E-state index in [4.69, 9.17) is 4.74 Å². The molecule has 13 heavy (non-hydrogen) atoms. The molecule has 1 radical (unpaired) electrons. The summed E-state index contributed by atoms with van der Waals surface area (Å²) in [4.78, 5) is 0. The van der Waals surface area contributed by atoms with Crippen LogP contribution in [0.25, 0.3) is 0 Å². The van der Waals surface area contributed by atoms with Crippen LogP contribution in [0.15, 0.2) is 18.2 Å². The number of methoxy groups -OCH3 is 1. The first-order valence-electron chi connectivity index (χ1n) is 4.56. The van der Waals surface area contributed by atoms with Crippen LogP contribution in [0.1, 0.15) is 23.6 Å². The average molecular weight is 177 g/mol. The second-order valence-electron chi connectivity index (χ2n) is 3.51. The van der Waals surface area contributed by atoms with Crippen LogP contribution in [0.3, 0.4) is 0 Å². The van der Waals surface area contributed by atoms with Gasteiger partial charge >= 0.3 is 0 Å². The molecule has 0 atom stereocenters. The molecule has 0 amide bonds. The van der Waals surface area contributed by atoms with E-state index in [1.165, 1.54) is 16.7 Å². The third kappa shape index (κ3) is 2.85. The predicted octanol–water partition coefficient (Wildman–Crippen LogP) is 3.04. The van der Waals surface area contributed by atoms with E-state index in [0.29, 0.717) is 0 Å². The monoisotopic (exact) mass is 177 g/mol. The lowest BCUT2D eigenvalue weighted by atomic mass is 10.0. The fourth-order valence-corrected chi connectivity index (χ4v) is 1.38. The van der Waals surface area contributed by atoms with Crippen molar-refractivity contribution in [3.05, 3.63) is 41.0 Å². The van der Waals surface area contributed by atoms with Gasteiger partial charge in [0, 0.05) is 13.5 Å². The Balaban J connectivity index is 2.77. The zero-order valence-corrected chi connectivity index (χ0v) is 8.85. The van der Waals surface area contributed by atoms with Gasteiger partial charge in [-0.25, -0.2) is 0 Å². The van der Waals surface area contributed by atoms with Crippen molar-refractivity contribution < 1.29 is 4.74 Å². The van der Waals surface area contributed by atoms with E-state index in [1.54, 1.807) is 7.11 Å². The van der Waals surface area contributed by atoms with Gasteiger partial charge in [-0.05, 0) is 31.9 Å². The Morgan fingerprint density at radius 3 is 2.54 bits per heavy atom. The van der Waals surface area contributed by atoms with Gasteiger partial charge in [-0.15, -0.1) is 0 Å². The van der Waals surface area contributed by atoms with E-state index in [-0.39, 0.29) is 0 Å². The van der Waals surface area contributed by atoms with E-state index < -0.39 is 0 Å². The molecule has 0 bridgehead atoms. The van der Waals surface area contributed by atoms with E-state index in [9.17, 15) is 0 Å². The van der Waals surface area contributed by atoms with Crippen LogP contribution >= 0.6 is 0 Å². The molecule has 0 saturated heterocycles. The van der Waals surface area contributed by atoms with E-state index >= 15 is 0 Å². The van der Waals surface area contributed by atoms with E-state index in [0.717, 1.165) is 12.5 Å². The maximum Gasteiger partial charge on any atom is 0.0979 e. The summed E-state index contributed by atoms with van der Waals surface area (Å²) in [6.07, 6.45) is 1.98. The molecule has 1 nitrogen and oxygen atoms in total. The molecule has 0 unspecified atom stereocenters. The number of hydrogen-bond donors (Lipinski definition) is 0. The van der Waals surface area contributed by atoms with E-state index in [2.05, 4.69) is 32.0 Å². The molecule has 0 aliphatic carbocycles. The molecular formula is C12H17O. The lowest BCUT2D eigenvalue weighted by Gasteiger charge is -2.10. The predicted molar refractivity (Wildman–Crippen MR) is 55.5 cm³/mol. The van der Waals surface area contributed by atoms with Crippen molar-refractivity contribution in [2.45, 2.75) is 27.2 Å². The van der Waals surface area contributed by atoms with Crippen LogP contribution in [0.4, 0.5) is 0 Å². The molecule has 0 aromatic heterocycles. The minimum Gasteiger partial charge on any atom is -0.375 e. The van der Waals surface area contributed by atoms with Crippen LogP contribution in [0.5, 0.6) is 0 Å². The molecule has 71 valence electrons. The number of benzene rings is 1.